The standard InChI is InChI=1S/C10H11NO2.Li/c1-7-9(13-10(12)11-7)8-5-3-2-4-6-8;/h2-7,9H,1H3,(H,11,12);/q;+1/p-1/t7-,9-;/m0./s1. The maximum absolute atomic E-state index is 10.8. The second-order valence-corrected chi connectivity index (χ2v) is 3.08. The van der Waals surface area contributed by atoms with E-state index in [9.17, 15) is 4.79 Å². The van der Waals surface area contributed by atoms with Crippen molar-refractivity contribution in [3.05, 3.63) is 41.2 Å². The predicted octanol–water partition coefficient (Wildman–Crippen LogP) is -0.356. The predicted molar refractivity (Wildman–Crippen MR) is 48.5 cm³/mol. The number of carbonyl (C=O) groups excluding carboxylic acids is 1. The molecule has 1 heterocycles. The first-order valence-electron chi connectivity index (χ1n) is 4.24. The largest absolute Gasteiger partial charge is 1.00 e. The second-order valence-electron chi connectivity index (χ2n) is 3.08. The quantitative estimate of drug-likeness (QED) is 0.558. The van der Waals surface area contributed by atoms with Crippen LogP contribution in [0.3, 0.4) is 0 Å². The number of carbonyl (C=O) groups is 1. The Hall–Kier alpha value is -0.913. The fourth-order valence-electron chi connectivity index (χ4n) is 1.46. The van der Waals surface area contributed by atoms with Crippen LogP contribution in [0.1, 0.15) is 18.6 Å². The van der Waals surface area contributed by atoms with Crippen LogP contribution in [0.4, 0.5) is 4.79 Å². The molecule has 1 aliphatic heterocycles. The number of hydrogen-bond acceptors (Lipinski definition) is 2. The number of cyclic esters (lactones) is 1. The summed E-state index contributed by atoms with van der Waals surface area (Å²) >= 11 is 0. The summed E-state index contributed by atoms with van der Waals surface area (Å²) in [6.07, 6.45) is -0.657. The number of ether oxygens (including phenoxy) is 1. The van der Waals surface area contributed by atoms with E-state index in [2.05, 4.69) is 5.32 Å². The van der Waals surface area contributed by atoms with Crippen molar-refractivity contribution in [1.82, 2.24) is 0 Å². The van der Waals surface area contributed by atoms with E-state index >= 15 is 0 Å². The van der Waals surface area contributed by atoms with Gasteiger partial charge in [0.05, 0.1) is 0 Å². The molecule has 0 radical (unpaired) electrons. The molecule has 0 spiro atoms. The van der Waals surface area contributed by atoms with E-state index in [4.69, 9.17) is 4.74 Å². The van der Waals surface area contributed by atoms with Gasteiger partial charge in [-0.05, 0) is 5.56 Å². The van der Waals surface area contributed by atoms with Crippen molar-refractivity contribution in [1.29, 1.82) is 0 Å². The zero-order valence-corrected chi connectivity index (χ0v) is 8.31. The van der Waals surface area contributed by atoms with Crippen LogP contribution >= 0.6 is 0 Å². The molecular formula is C10H10LiNO2. The first-order valence-corrected chi connectivity index (χ1v) is 4.24. The average molecular weight is 183 g/mol. The normalized spacial score (nSPS) is 24.8. The van der Waals surface area contributed by atoms with E-state index in [1.165, 1.54) is 0 Å². The van der Waals surface area contributed by atoms with Crippen LogP contribution in [0, 0.1) is 0 Å². The monoisotopic (exact) mass is 183 g/mol. The first-order chi connectivity index (χ1) is 6.27. The van der Waals surface area contributed by atoms with Crippen LogP contribution in [0.25, 0.3) is 5.32 Å². The number of rotatable bonds is 1. The molecule has 0 bridgehead atoms. The molecule has 0 N–H and O–H groups in total. The Bertz CT molecular complexity index is 315. The molecule has 0 saturated carbocycles. The number of amides is 1. The first kappa shape index (κ1) is 11.2. The molecule has 1 aliphatic rings. The average Bonchev–Trinajstić information content (AvgIpc) is 2.47. The molecule has 1 fully saturated rings. The molecule has 2 rings (SSSR count). The van der Waals surface area contributed by atoms with E-state index in [0.29, 0.717) is 0 Å². The van der Waals surface area contributed by atoms with Crippen molar-refractivity contribution in [3.8, 4) is 0 Å². The van der Waals surface area contributed by atoms with Gasteiger partial charge in [-0.1, -0.05) is 43.3 Å². The summed E-state index contributed by atoms with van der Waals surface area (Å²) in [6, 6.07) is 9.59. The van der Waals surface area contributed by atoms with E-state index in [1.54, 1.807) is 0 Å². The summed E-state index contributed by atoms with van der Waals surface area (Å²) in [6.45, 7) is 1.88. The Morgan fingerprint density at radius 3 is 2.43 bits per heavy atom. The zero-order valence-electron chi connectivity index (χ0n) is 8.31. The second kappa shape index (κ2) is 4.54. The summed E-state index contributed by atoms with van der Waals surface area (Å²) < 4.78 is 5.05. The van der Waals surface area contributed by atoms with Gasteiger partial charge in [0.25, 0.3) is 0 Å². The van der Waals surface area contributed by atoms with Gasteiger partial charge in [0.2, 0.25) is 6.09 Å². The van der Waals surface area contributed by atoms with Crippen molar-refractivity contribution in [3.63, 3.8) is 0 Å². The van der Waals surface area contributed by atoms with Crippen molar-refractivity contribution in [2.45, 2.75) is 19.1 Å². The molecular weight excluding hydrogens is 173 g/mol. The Morgan fingerprint density at radius 2 is 1.93 bits per heavy atom. The Kier molecular flexibility index (Phi) is 3.62. The van der Waals surface area contributed by atoms with Crippen molar-refractivity contribution < 1.29 is 28.4 Å². The molecule has 2 atom stereocenters. The fourth-order valence-corrected chi connectivity index (χ4v) is 1.46. The smallest absolute Gasteiger partial charge is 0.612 e. The number of hydrogen-bond donors (Lipinski definition) is 0. The van der Waals surface area contributed by atoms with Crippen LogP contribution in [0.2, 0.25) is 0 Å². The minimum absolute atomic E-state index is 0. The maximum Gasteiger partial charge on any atom is 1.00 e. The van der Waals surface area contributed by atoms with Crippen LogP contribution in [-0.4, -0.2) is 12.1 Å². The molecule has 14 heavy (non-hydrogen) atoms. The molecule has 0 aliphatic carbocycles. The van der Waals surface area contributed by atoms with Gasteiger partial charge in [0.1, 0.15) is 6.10 Å². The molecule has 1 saturated heterocycles. The number of nitrogens with zero attached hydrogens (tertiary/aromatic N) is 1. The third-order valence-corrected chi connectivity index (χ3v) is 2.10. The van der Waals surface area contributed by atoms with Crippen molar-refractivity contribution in [2.75, 3.05) is 0 Å². The van der Waals surface area contributed by atoms with Crippen LogP contribution < -0.4 is 18.9 Å². The van der Waals surface area contributed by atoms with Crippen molar-refractivity contribution >= 4 is 6.09 Å². The van der Waals surface area contributed by atoms with Gasteiger partial charge in [-0.25, -0.2) is 0 Å². The summed E-state index contributed by atoms with van der Waals surface area (Å²) in [4.78, 5) is 10.8. The van der Waals surface area contributed by atoms with Gasteiger partial charge in [0, 0.05) is 0 Å². The maximum atomic E-state index is 10.8. The van der Waals surface area contributed by atoms with Crippen LogP contribution in [0.5, 0.6) is 0 Å². The summed E-state index contributed by atoms with van der Waals surface area (Å²) in [5, 5.41) is 3.79. The van der Waals surface area contributed by atoms with Gasteiger partial charge < -0.3 is 10.1 Å². The molecule has 0 unspecified atom stereocenters. The van der Waals surface area contributed by atoms with Gasteiger partial charge in [0.15, 0.2) is 0 Å². The minimum atomic E-state index is -0.457. The minimum Gasteiger partial charge on any atom is -0.612 e. The molecule has 1 amide bonds. The third-order valence-electron chi connectivity index (χ3n) is 2.10. The van der Waals surface area contributed by atoms with Crippen LogP contribution in [-0.2, 0) is 4.74 Å². The Labute approximate surface area is 95.0 Å². The zero-order chi connectivity index (χ0) is 9.26. The topological polar surface area (TPSA) is 40.4 Å². The summed E-state index contributed by atoms with van der Waals surface area (Å²) in [7, 11) is 0. The molecule has 68 valence electrons. The molecule has 0 aromatic heterocycles. The van der Waals surface area contributed by atoms with Gasteiger partial charge in [-0.3, -0.25) is 4.79 Å². The summed E-state index contributed by atoms with van der Waals surface area (Å²) in [5.41, 5.74) is 1.00. The van der Waals surface area contributed by atoms with Crippen molar-refractivity contribution in [2.24, 2.45) is 0 Å². The molecule has 1 aromatic carbocycles. The third kappa shape index (κ3) is 2.12. The van der Waals surface area contributed by atoms with E-state index in [1.807, 2.05) is 37.3 Å². The SMILES string of the molecule is C[C@@H]1[N-]C(=O)O[C@@H]1c1ccccc1.[Li+]. The van der Waals surface area contributed by atoms with Gasteiger partial charge >= 0.3 is 18.9 Å². The Morgan fingerprint density at radius 1 is 1.29 bits per heavy atom. The van der Waals surface area contributed by atoms with Gasteiger partial charge in [-0.2, -0.15) is 0 Å². The Balaban J connectivity index is 0.000000980. The molecule has 1 aromatic rings. The van der Waals surface area contributed by atoms with Gasteiger partial charge in [-0.15, -0.1) is 0 Å². The van der Waals surface area contributed by atoms with E-state index < -0.39 is 6.09 Å². The number of benzene rings is 1. The summed E-state index contributed by atoms with van der Waals surface area (Å²) in [5.74, 6) is 0. The van der Waals surface area contributed by atoms with E-state index in [0.717, 1.165) is 5.56 Å². The fraction of sp³-hybridized carbons (Fsp3) is 0.300. The molecule has 4 heteroatoms. The molecule has 3 nitrogen and oxygen atoms in total. The van der Waals surface area contributed by atoms with Crippen LogP contribution in [0.15, 0.2) is 30.3 Å². The van der Waals surface area contributed by atoms with E-state index in [-0.39, 0.29) is 31.0 Å².